The fourth-order valence-electron chi connectivity index (χ4n) is 3.77. The Morgan fingerprint density at radius 3 is 2.35 bits per heavy atom. The fourth-order valence-corrected chi connectivity index (χ4v) is 3.98. The van der Waals surface area contributed by atoms with Crippen molar-refractivity contribution < 1.29 is 14.4 Å². The van der Waals surface area contributed by atoms with Crippen LogP contribution in [0.25, 0.3) is 0 Å². The average molecular weight is 474 g/mol. The lowest BCUT2D eigenvalue weighted by Gasteiger charge is -2.18. The first kappa shape index (κ1) is 23.3. The summed E-state index contributed by atoms with van der Waals surface area (Å²) in [5.74, 6) is -1.33. The number of nitrogens with zero attached hydrogens (tertiary/aromatic N) is 1. The van der Waals surface area contributed by atoms with Crippen molar-refractivity contribution in [2.45, 2.75) is 27.2 Å². The second kappa shape index (κ2) is 9.53. The number of amides is 3. The number of rotatable bonds is 6. The molecule has 4 rings (SSSR count). The number of benzene rings is 3. The minimum absolute atomic E-state index is 0.00478. The van der Waals surface area contributed by atoms with E-state index in [1.165, 1.54) is 0 Å². The zero-order valence-corrected chi connectivity index (χ0v) is 19.9. The monoisotopic (exact) mass is 473 g/mol. The molecule has 0 spiro atoms. The van der Waals surface area contributed by atoms with Gasteiger partial charge in [-0.05, 0) is 73.4 Å². The SMILES string of the molecule is CCc1ccccc1N1C(=O)C(Cl)=C(Nc2ccc(C(=O)Nc3cc(C)ccc3C)cc2)C1=O. The highest BCUT2D eigenvalue weighted by Gasteiger charge is 2.39. The van der Waals surface area contributed by atoms with Crippen molar-refractivity contribution in [3.8, 4) is 0 Å². The second-order valence-corrected chi connectivity index (χ2v) is 8.47. The molecule has 0 atom stereocenters. The zero-order valence-electron chi connectivity index (χ0n) is 19.1. The Hall–Kier alpha value is -3.90. The number of aryl methyl sites for hydroxylation is 3. The number of imide groups is 1. The Balaban J connectivity index is 1.51. The maximum atomic E-state index is 13.1. The molecule has 1 heterocycles. The Morgan fingerprint density at radius 1 is 0.941 bits per heavy atom. The average Bonchev–Trinajstić information content (AvgIpc) is 3.04. The lowest BCUT2D eigenvalue weighted by Crippen LogP contribution is -2.33. The van der Waals surface area contributed by atoms with Gasteiger partial charge in [0.25, 0.3) is 17.7 Å². The van der Waals surface area contributed by atoms with Gasteiger partial charge < -0.3 is 10.6 Å². The summed E-state index contributed by atoms with van der Waals surface area (Å²) in [6.07, 6.45) is 0.666. The molecule has 0 unspecified atom stereocenters. The molecule has 0 radical (unpaired) electrons. The van der Waals surface area contributed by atoms with Gasteiger partial charge in [-0.2, -0.15) is 0 Å². The largest absolute Gasteiger partial charge is 0.350 e. The molecule has 2 N–H and O–H groups in total. The standard InChI is InChI=1S/C27H24ClN3O3/c1-4-18-7-5-6-8-22(18)31-26(33)23(28)24(27(31)34)29-20-13-11-19(12-14-20)25(32)30-21-15-16(2)9-10-17(21)3/h5-15,29H,4H2,1-3H3,(H,30,32). The summed E-state index contributed by atoms with van der Waals surface area (Å²) in [5.41, 5.74) is 5.16. The Kier molecular flexibility index (Phi) is 6.52. The zero-order chi connectivity index (χ0) is 24.4. The predicted molar refractivity (Wildman–Crippen MR) is 135 cm³/mol. The lowest BCUT2D eigenvalue weighted by atomic mass is 10.1. The summed E-state index contributed by atoms with van der Waals surface area (Å²) in [6, 6.07) is 19.7. The Labute approximate surface area is 203 Å². The van der Waals surface area contributed by atoms with Gasteiger partial charge in [0.2, 0.25) is 0 Å². The minimum Gasteiger partial charge on any atom is -0.350 e. The van der Waals surface area contributed by atoms with E-state index in [4.69, 9.17) is 11.6 Å². The first-order chi connectivity index (χ1) is 16.3. The van der Waals surface area contributed by atoms with Crippen LogP contribution in [0.1, 0.15) is 34.0 Å². The Bertz CT molecular complexity index is 1330. The highest BCUT2D eigenvalue weighted by atomic mass is 35.5. The van der Waals surface area contributed by atoms with Crippen molar-refractivity contribution in [2.75, 3.05) is 15.5 Å². The number of hydrogen-bond acceptors (Lipinski definition) is 4. The molecule has 0 aliphatic carbocycles. The molecule has 1 aliphatic heterocycles. The van der Waals surface area contributed by atoms with Crippen LogP contribution in [0.5, 0.6) is 0 Å². The third-order valence-corrected chi connectivity index (χ3v) is 6.05. The molecule has 0 fully saturated rings. The summed E-state index contributed by atoms with van der Waals surface area (Å²) in [7, 11) is 0. The van der Waals surface area contributed by atoms with Gasteiger partial charge in [-0.1, -0.05) is 48.9 Å². The van der Waals surface area contributed by atoms with Crippen molar-refractivity contribution in [2.24, 2.45) is 0 Å². The van der Waals surface area contributed by atoms with Crippen LogP contribution < -0.4 is 15.5 Å². The number of anilines is 3. The lowest BCUT2D eigenvalue weighted by molar-refractivity contribution is -0.120. The minimum atomic E-state index is -0.570. The Morgan fingerprint density at radius 2 is 1.65 bits per heavy atom. The topological polar surface area (TPSA) is 78.5 Å². The molecule has 6 nitrogen and oxygen atoms in total. The van der Waals surface area contributed by atoms with E-state index < -0.39 is 11.8 Å². The molecular weight excluding hydrogens is 450 g/mol. The number of carbonyl (C=O) groups is 3. The van der Waals surface area contributed by atoms with Crippen molar-refractivity contribution in [1.29, 1.82) is 0 Å². The fraction of sp³-hybridized carbons (Fsp3) is 0.148. The molecule has 3 amide bonds. The number of nitrogens with one attached hydrogen (secondary N) is 2. The highest BCUT2D eigenvalue weighted by molar-refractivity contribution is 6.53. The smallest absolute Gasteiger partial charge is 0.283 e. The number of halogens is 1. The molecule has 1 aliphatic rings. The van der Waals surface area contributed by atoms with Gasteiger partial charge in [-0.15, -0.1) is 0 Å². The predicted octanol–water partition coefficient (Wildman–Crippen LogP) is 5.55. The molecule has 0 bridgehead atoms. The molecule has 172 valence electrons. The molecule has 34 heavy (non-hydrogen) atoms. The third-order valence-electron chi connectivity index (χ3n) is 5.70. The van der Waals surface area contributed by atoms with Crippen LogP contribution in [-0.4, -0.2) is 17.7 Å². The molecule has 7 heteroatoms. The highest BCUT2D eigenvalue weighted by Crippen LogP contribution is 2.32. The van der Waals surface area contributed by atoms with Gasteiger partial charge in [-0.25, -0.2) is 4.90 Å². The van der Waals surface area contributed by atoms with Gasteiger partial charge in [0.05, 0.1) is 5.69 Å². The van der Waals surface area contributed by atoms with Crippen LogP contribution in [0.15, 0.2) is 77.5 Å². The summed E-state index contributed by atoms with van der Waals surface area (Å²) in [5, 5.41) is 5.69. The first-order valence-corrected chi connectivity index (χ1v) is 11.3. The van der Waals surface area contributed by atoms with Gasteiger partial charge >= 0.3 is 0 Å². The molecule has 0 saturated heterocycles. The van der Waals surface area contributed by atoms with E-state index in [-0.39, 0.29) is 16.6 Å². The van der Waals surface area contributed by atoms with Crippen molar-refractivity contribution in [3.63, 3.8) is 0 Å². The van der Waals surface area contributed by atoms with Crippen LogP contribution in [-0.2, 0) is 16.0 Å². The van der Waals surface area contributed by atoms with Crippen molar-refractivity contribution >= 4 is 46.4 Å². The van der Waals surface area contributed by atoms with Crippen molar-refractivity contribution in [1.82, 2.24) is 0 Å². The summed E-state index contributed by atoms with van der Waals surface area (Å²) >= 11 is 6.25. The van der Waals surface area contributed by atoms with Crippen LogP contribution in [0.2, 0.25) is 0 Å². The number of carbonyl (C=O) groups excluding carboxylic acids is 3. The van der Waals surface area contributed by atoms with E-state index in [9.17, 15) is 14.4 Å². The molecule has 3 aromatic carbocycles. The van der Waals surface area contributed by atoms with E-state index in [0.29, 0.717) is 23.4 Å². The summed E-state index contributed by atoms with van der Waals surface area (Å²) < 4.78 is 0. The summed E-state index contributed by atoms with van der Waals surface area (Å²) in [6.45, 7) is 5.85. The maximum Gasteiger partial charge on any atom is 0.283 e. The first-order valence-electron chi connectivity index (χ1n) is 10.9. The van der Waals surface area contributed by atoms with Gasteiger partial charge in [-0.3, -0.25) is 14.4 Å². The van der Waals surface area contributed by atoms with Gasteiger partial charge in [0, 0.05) is 16.9 Å². The summed E-state index contributed by atoms with van der Waals surface area (Å²) in [4.78, 5) is 39.6. The van der Waals surface area contributed by atoms with Gasteiger partial charge in [0.15, 0.2) is 0 Å². The maximum absolute atomic E-state index is 13.1. The molecule has 3 aromatic rings. The van der Waals surface area contributed by atoms with Crippen LogP contribution >= 0.6 is 11.6 Å². The van der Waals surface area contributed by atoms with Gasteiger partial charge in [0.1, 0.15) is 10.7 Å². The normalized spacial score (nSPS) is 13.5. The van der Waals surface area contributed by atoms with E-state index in [0.717, 1.165) is 27.3 Å². The van der Waals surface area contributed by atoms with E-state index in [2.05, 4.69) is 10.6 Å². The number of hydrogen-bond donors (Lipinski definition) is 2. The van der Waals surface area contributed by atoms with Crippen LogP contribution in [0.3, 0.4) is 0 Å². The van der Waals surface area contributed by atoms with Crippen LogP contribution in [0, 0.1) is 13.8 Å². The third kappa shape index (κ3) is 4.45. The van der Waals surface area contributed by atoms with E-state index in [1.807, 2.05) is 51.1 Å². The van der Waals surface area contributed by atoms with Crippen molar-refractivity contribution in [3.05, 3.63) is 99.7 Å². The molecular formula is C27H24ClN3O3. The number of para-hydroxylation sites is 1. The van der Waals surface area contributed by atoms with E-state index >= 15 is 0 Å². The molecule has 0 saturated carbocycles. The molecule has 0 aromatic heterocycles. The quantitative estimate of drug-likeness (QED) is 0.460. The van der Waals surface area contributed by atoms with E-state index in [1.54, 1.807) is 36.4 Å². The second-order valence-electron chi connectivity index (χ2n) is 8.09. The van der Waals surface area contributed by atoms with Crippen LogP contribution in [0.4, 0.5) is 17.1 Å².